The van der Waals surface area contributed by atoms with Crippen LogP contribution in [0.4, 0.5) is 0 Å². The van der Waals surface area contributed by atoms with Crippen LogP contribution in [0.1, 0.15) is 11.1 Å². The van der Waals surface area contributed by atoms with Gasteiger partial charge in [0.15, 0.2) is 0 Å². The van der Waals surface area contributed by atoms with Crippen molar-refractivity contribution in [1.29, 1.82) is 5.26 Å². The molecule has 2 nitrogen and oxygen atoms in total. The average molecular weight is 193 g/mol. The maximum absolute atomic E-state index is 11.5. The van der Waals surface area contributed by atoms with Crippen LogP contribution in [0.2, 0.25) is 0 Å². The zero-order valence-electron chi connectivity index (χ0n) is 7.82. The lowest BCUT2D eigenvalue weighted by Gasteiger charge is -2.07. The molecule has 0 atom stereocenters. The molecule has 68 valence electrons. The van der Waals surface area contributed by atoms with Crippen LogP contribution in [0, 0.1) is 11.3 Å². The molecule has 0 aromatic heterocycles. The van der Waals surface area contributed by atoms with Gasteiger partial charge in [-0.2, -0.15) is 5.26 Å². The van der Waals surface area contributed by atoms with Gasteiger partial charge in [0.25, 0.3) is 0 Å². The van der Waals surface area contributed by atoms with Crippen molar-refractivity contribution in [2.45, 2.75) is 6.16 Å². The Morgan fingerprint density at radius 3 is 2.54 bits per heavy atom. The third kappa shape index (κ3) is 3.05. The minimum Gasteiger partial charge on any atom is -0.324 e. The van der Waals surface area contributed by atoms with Crippen LogP contribution >= 0.6 is 7.14 Å². The minimum absolute atomic E-state index is 0.511. The van der Waals surface area contributed by atoms with Gasteiger partial charge in [0.2, 0.25) is 0 Å². The Bertz CT molecular complexity index is 386. The molecule has 0 N–H and O–H groups in total. The molecule has 0 saturated carbocycles. The number of hydrogen-bond donors (Lipinski definition) is 0. The van der Waals surface area contributed by atoms with E-state index >= 15 is 0 Å². The Kier molecular flexibility index (Phi) is 2.90. The van der Waals surface area contributed by atoms with Gasteiger partial charge >= 0.3 is 0 Å². The second kappa shape index (κ2) is 3.77. The van der Waals surface area contributed by atoms with E-state index in [1.165, 1.54) is 0 Å². The van der Waals surface area contributed by atoms with Gasteiger partial charge in [0, 0.05) is 6.16 Å². The first-order chi connectivity index (χ1) is 6.03. The molecule has 0 amide bonds. The predicted octanol–water partition coefficient (Wildman–Crippen LogP) is 2.68. The lowest BCUT2D eigenvalue weighted by molar-refractivity contribution is 0.582. The Morgan fingerprint density at radius 2 is 2.00 bits per heavy atom. The van der Waals surface area contributed by atoms with Gasteiger partial charge in [-0.3, -0.25) is 0 Å². The van der Waals surface area contributed by atoms with Crippen molar-refractivity contribution in [2.75, 3.05) is 13.3 Å². The van der Waals surface area contributed by atoms with Crippen LogP contribution in [0.3, 0.4) is 0 Å². The van der Waals surface area contributed by atoms with Crippen molar-refractivity contribution in [3.05, 3.63) is 35.4 Å². The second-order valence-corrected chi connectivity index (χ2v) is 6.97. The summed E-state index contributed by atoms with van der Waals surface area (Å²) in [5.74, 6) is 0. The van der Waals surface area contributed by atoms with E-state index in [0.717, 1.165) is 5.56 Å². The molecular formula is C10H12NOP. The summed E-state index contributed by atoms with van der Waals surface area (Å²) >= 11 is 0. The summed E-state index contributed by atoms with van der Waals surface area (Å²) in [4.78, 5) is 0. The number of hydrogen-bond acceptors (Lipinski definition) is 2. The lowest BCUT2D eigenvalue weighted by atomic mass is 10.1. The van der Waals surface area contributed by atoms with Crippen LogP contribution in [0.5, 0.6) is 0 Å². The van der Waals surface area contributed by atoms with E-state index in [2.05, 4.69) is 6.07 Å². The van der Waals surface area contributed by atoms with E-state index in [0.29, 0.717) is 11.7 Å². The van der Waals surface area contributed by atoms with E-state index in [4.69, 9.17) is 5.26 Å². The van der Waals surface area contributed by atoms with Crippen LogP contribution in [0.15, 0.2) is 24.3 Å². The summed E-state index contributed by atoms with van der Waals surface area (Å²) < 4.78 is 11.5. The molecule has 0 spiro atoms. The molecule has 1 rings (SSSR count). The van der Waals surface area contributed by atoms with Gasteiger partial charge < -0.3 is 4.57 Å². The van der Waals surface area contributed by atoms with Crippen LogP contribution in [0.25, 0.3) is 0 Å². The molecule has 3 heteroatoms. The Morgan fingerprint density at radius 1 is 1.38 bits per heavy atom. The Labute approximate surface area is 78.6 Å². The molecule has 0 bridgehead atoms. The fourth-order valence-corrected chi connectivity index (χ4v) is 2.27. The molecule has 0 unspecified atom stereocenters. The Hall–Kier alpha value is -1.06. The normalized spacial score (nSPS) is 10.8. The lowest BCUT2D eigenvalue weighted by Crippen LogP contribution is -1.89. The van der Waals surface area contributed by atoms with Gasteiger partial charge in [0.05, 0.1) is 18.8 Å². The highest BCUT2D eigenvalue weighted by Crippen LogP contribution is 2.40. The Balaban J connectivity index is 3.03. The molecule has 0 heterocycles. The third-order valence-electron chi connectivity index (χ3n) is 1.69. The fraction of sp³-hybridized carbons (Fsp3) is 0.300. The summed E-state index contributed by atoms with van der Waals surface area (Å²) in [6.45, 7) is 3.47. The summed E-state index contributed by atoms with van der Waals surface area (Å²) in [6, 6.07) is 9.40. The van der Waals surface area contributed by atoms with Crippen molar-refractivity contribution in [2.24, 2.45) is 0 Å². The topological polar surface area (TPSA) is 40.9 Å². The zero-order valence-corrected chi connectivity index (χ0v) is 8.71. The van der Waals surface area contributed by atoms with Gasteiger partial charge in [-0.25, -0.2) is 0 Å². The van der Waals surface area contributed by atoms with Gasteiger partial charge in [-0.1, -0.05) is 18.2 Å². The van der Waals surface area contributed by atoms with E-state index < -0.39 is 7.14 Å². The molecule has 1 aromatic rings. The van der Waals surface area contributed by atoms with Crippen molar-refractivity contribution >= 4 is 7.14 Å². The average Bonchev–Trinajstić information content (AvgIpc) is 2.02. The molecule has 0 fully saturated rings. The SMILES string of the molecule is CP(C)(=O)Cc1ccccc1C#N. The van der Waals surface area contributed by atoms with E-state index in [1.807, 2.05) is 18.2 Å². The number of nitrogens with zero attached hydrogens (tertiary/aromatic N) is 1. The first-order valence-corrected chi connectivity index (χ1v) is 6.83. The van der Waals surface area contributed by atoms with Crippen molar-refractivity contribution in [1.82, 2.24) is 0 Å². The highest BCUT2D eigenvalue weighted by Gasteiger charge is 2.10. The van der Waals surface area contributed by atoms with Gasteiger partial charge in [-0.05, 0) is 25.0 Å². The third-order valence-corrected chi connectivity index (χ3v) is 2.79. The van der Waals surface area contributed by atoms with Crippen LogP contribution < -0.4 is 0 Å². The predicted molar refractivity (Wildman–Crippen MR) is 54.3 cm³/mol. The summed E-state index contributed by atoms with van der Waals surface area (Å²) in [6.07, 6.45) is 0.511. The van der Waals surface area contributed by atoms with E-state index in [9.17, 15) is 4.57 Å². The quantitative estimate of drug-likeness (QED) is 0.677. The zero-order chi connectivity index (χ0) is 9.90. The first kappa shape index (κ1) is 10.0. The maximum atomic E-state index is 11.5. The molecule has 13 heavy (non-hydrogen) atoms. The van der Waals surface area contributed by atoms with E-state index in [1.54, 1.807) is 19.4 Å². The smallest absolute Gasteiger partial charge is 0.0994 e. The molecule has 1 aromatic carbocycles. The molecule has 0 radical (unpaired) electrons. The van der Waals surface area contributed by atoms with Crippen LogP contribution in [-0.4, -0.2) is 13.3 Å². The maximum Gasteiger partial charge on any atom is 0.0994 e. The standard InChI is InChI=1S/C10H12NOP/c1-13(2,12)8-10-6-4-3-5-9(10)7-11/h3-6H,8H2,1-2H3. The van der Waals surface area contributed by atoms with Gasteiger partial charge in [-0.15, -0.1) is 0 Å². The van der Waals surface area contributed by atoms with Crippen molar-refractivity contribution < 1.29 is 4.57 Å². The highest BCUT2D eigenvalue weighted by molar-refractivity contribution is 7.61. The van der Waals surface area contributed by atoms with Gasteiger partial charge in [0.1, 0.15) is 0 Å². The minimum atomic E-state index is -2.08. The number of nitriles is 1. The molecule has 0 aliphatic rings. The highest BCUT2D eigenvalue weighted by atomic mass is 31.2. The summed E-state index contributed by atoms with van der Waals surface area (Å²) in [5, 5.41) is 8.78. The fourth-order valence-electron chi connectivity index (χ4n) is 1.18. The summed E-state index contributed by atoms with van der Waals surface area (Å²) in [7, 11) is -2.08. The van der Waals surface area contributed by atoms with E-state index in [-0.39, 0.29) is 0 Å². The summed E-state index contributed by atoms with van der Waals surface area (Å²) in [5.41, 5.74) is 1.52. The second-order valence-electron chi connectivity index (χ2n) is 3.50. The first-order valence-electron chi connectivity index (χ1n) is 4.05. The molecule has 0 aliphatic carbocycles. The monoisotopic (exact) mass is 193 g/mol. The molecule has 0 aliphatic heterocycles. The molecule has 0 saturated heterocycles. The van der Waals surface area contributed by atoms with Crippen LogP contribution in [-0.2, 0) is 10.7 Å². The van der Waals surface area contributed by atoms with Crippen molar-refractivity contribution in [3.63, 3.8) is 0 Å². The molecular weight excluding hydrogens is 181 g/mol. The largest absolute Gasteiger partial charge is 0.324 e. The number of benzene rings is 1. The number of rotatable bonds is 2. The van der Waals surface area contributed by atoms with Crippen molar-refractivity contribution in [3.8, 4) is 6.07 Å².